The SMILES string of the molecule is CNC(CC1CC1)c1csc2c(Br)cccc12. The van der Waals surface area contributed by atoms with Crippen molar-refractivity contribution >= 4 is 37.4 Å². The number of benzene rings is 1. The second-order valence-corrected chi connectivity index (χ2v) is 6.56. The van der Waals surface area contributed by atoms with Crippen LogP contribution in [-0.2, 0) is 0 Å². The van der Waals surface area contributed by atoms with Crippen molar-refractivity contribution in [3.05, 3.63) is 33.6 Å². The van der Waals surface area contributed by atoms with Crippen LogP contribution in [0.15, 0.2) is 28.1 Å². The molecule has 1 atom stereocenters. The highest BCUT2D eigenvalue weighted by Crippen LogP contribution is 2.41. The third-order valence-electron chi connectivity index (χ3n) is 3.57. The van der Waals surface area contributed by atoms with Gasteiger partial charge in [-0.1, -0.05) is 25.0 Å². The molecule has 2 aromatic rings. The summed E-state index contributed by atoms with van der Waals surface area (Å²) in [5.74, 6) is 0.953. The number of fused-ring (bicyclic) bond motifs is 1. The molecule has 1 fully saturated rings. The van der Waals surface area contributed by atoms with Crippen LogP contribution in [0.25, 0.3) is 10.1 Å². The van der Waals surface area contributed by atoms with Crippen molar-refractivity contribution in [3.8, 4) is 0 Å². The molecule has 0 spiro atoms. The number of nitrogens with one attached hydrogen (secondary N) is 1. The highest BCUT2D eigenvalue weighted by Gasteiger charge is 2.26. The van der Waals surface area contributed by atoms with E-state index in [0.717, 1.165) is 5.92 Å². The Labute approximate surface area is 114 Å². The largest absolute Gasteiger partial charge is 0.313 e. The van der Waals surface area contributed by atoms with E-state index in [1.54, 1.807) is 0 Å². The van der Waals surface area contributed by atoms with Gasteiger partial charge in [0.1, 0.15) is 0 Å². The summed E-state index contributed by atoms with van der Waals surface area (Å²) >= 11 is 5.48. The lowest BCUT2D eigenvalue weighted by molar-refractivity contribution is 0.518. The molecule has 90 valence electrons. The molecule has 1 aliphatic rings. The summed E-state index contributed by atoms with van der Waals surface area (Å²) in [6.07, 6.45) is 4.13. The maximum absolute atomic E-state index is 3.63. The summed E-state index contributed by atoms with van der Waals surface area (Å²) < 4.78 is 2.59. The van der Waals surface area contributed by atoms with Crippen LogP contribution in [0.2, 0.25) is 0 Å². The molecule has 0 aliphatic heterocycles. The van der Waals surface area contributed by atoms with Crippen LogP contribution in [-0.4, -0.2) is 7.05 Å². The van der Waals surface area contributed by atoms with E-state index < -0.39 is 0 Å². The Morgan fingerprint density at radius 2 is 2.29 bits per heavy atom. The van der Waals surface area contributed by atoms with E-state index in [0.29, 0.717) is 6.04 Å². The van der Waals surface area contributed by atoms with Crippen LogP contribution < -0.4 is 5.32 Å². The molecular weight excluding hydrogens is 294 g/mol. The lowest BCUT2D eigenvalue weighted by Crippen LogP contribution is -2.16. The Morgan fingerprint density at radius 3 is 3.00 bits per heavy atom. The molecule has 1 heterocycles. The van der Waals surface area contributed by atoms with Crippen LogP contribution in [0.3, 0.4) is 0 Å². The third-order valence-corrected chi connectivity index (χ3v) is 5.54. The number of hydrogen-bond acceptors (Lipinski definition) is 2. The molecule has 0 amide bonds. The maximum atomic E-state index is 3.63. The van der Waals surface area contributed by atoms with Crippen LogP contribution in [0, 0.1) is 5.92 Å². The minimum absolute atomic E-state index is 0.519. The average molecular weight is 310 g/mol. The van der Waals surface area contributed by atoms with Gasteiger partial charge >= 0.3 is 0 Å². The lowest BCUT2D eigenvalue weighted by Gasteiger charge is -2.15. The molecule has 1 aromatic carbocycles. The van der Waals surface area contributed by atoms with Gasteiger partial charge in [0.25, 0.3) is 0 Å². The normalized spacial score (nSPS) is 17.5. The molecule has 1 nitrogen and oxygen atoms in total. The molecule has 1 N–H and O–H groups in total. The summed E-state index contributed by atoms with van der Waals surface area (Å²) in [7, 11) is 2.08. The van der Waals surface area contributed by atoms with Crippen molar-refractivity contribution in [1.82, 2.24) is 5.32 Å². The van der Waals surface area contributed by atoms with Crippen molar-refractivity contribution in [1.29, 1.82) is 0 Å². The number of halogens is 1. The minimum atomic E-state index is 0.519. The van der Waals surface area contributed by atoms with Crippen molar-refractivity contribution in [3.63, 3.8) is 0 Å². The van der Waals surface area contributed by atoms with Gasteiger partial charge in [-0.25, -0.2) is 0 Å². The first-order chi connectivity index (χ1) is 8.29. The fourth-order valence-corrected chi connectivity index (χ4v) is 4.07. The molecule has 1 aromatic heterocycles. The first-order valence-electron chi connectivity index (χ1n) is 6.12. The molecule has 0 saturated heterocycles. The van der Waals surface area contributed by atoms with Crippen molar-refractivity contribution < 1.29 is 0 Å². The fraction of sp³-hybridized carbons (Fsp3) is 0.429. The molecular formula is C14H16BrNS. The van der Waals surface area contributed by atoms with E-state index in [1.165, 1.54) is 39.4 Å². The van der Waals surface area contributed by atoms with Gasteiger partial charge in [0.2, 0.25) is 0 Å². The van der Waals surface area contributed by atoms with E-state index in [1.807, 2.05) is 11.3 Å². The smallest absolute Gasteiger partial charge is 0.0488 e. The first-order valence-corrected chi connectivity index (χ1v) is 7.79. The molecule has 0 radical (unpaired) electrons. The molecule has 0 bridgehead atoms. The van der Waals surface area contributed by atoms with Gasteiger partial charge in [0.15, 0.2) is 0 Å². The number of rotatable bonds is 4. The summed E-state index contributed by atoms with van der Waals surface area (Å²) in [5.41, 5.74) is 1.47. The Hall–Kier alpha value is -0.380. The van der Waals surface area contributed by atoms with Crippen LogP contribution in [0.1, 0.15) is 30.9 Å². The second kappa shape index (κ2) is 4.71. The van der Waals surface area contributed by atoms with E-state index >= 15 is 0 Å². The summed E-state index contributed by atoms with van der Waals surface area (Å²) in [4.78, 5) is 0. The fourth-order valence-electron chi connectivity index (χ4n) is 2.40. The summed E-state index contributed by atoms with van der Waals surface area (Å²) in [6, 6.07) is 7.01. The van der Waals surface area contributed by atoms with E-state index in [9.17, 15) is 0 Å². The Bertz CT molecular complexity index is 530. The van der Waals surface area contributed by atoms with Crippen LogP contribution in [0.5, 0.6) is 0 Å². The van der Waals surface area contributed by atoms with E-state index in [4.69, 9.17) is 0 Å². The zero-order valence-corrected chi connectivity index (χ0v) is 12.3. The highest BCUT2D eigenvalue weighted by molar-refractivity contribution is 9.10. The molecule has 3 rings (SSSR count). The van der Waals surface area contributed by atoms with Gasteiger partial charge < -0.3 is 5.32 Å². The first kappa shape index (κ1) is 11.7. The van der Waals surface area contributed by atoms with Gasteiger partial charge in [-0.05, 0) is 57.7 Å². The summed E-state index contributed by atoms with van der Waals surface area (Å²) in [5, 5.41) is 7.20. The molecule has 17 heavy (non-hydrogen) atoms. The molecule has 1 unspecified atom stereocenters. The van der Waals surface area contributed by atoms with Crippen molar-refractivity contribution in [2.75, 3.05) is 7.05 Å². The predicted octanol–water partition coefficient (Wildman–Crippen LogP) is 4.72. The minimum Gasteiger partial charge on any atom is -0.313 e. The standard InChI is InChI=1S/C14H16BrNS/c1-16-13(7-9-5-6-9)11-8-17-14-10(11)3-2-4-12(14)15/h2-4,8-9,13,16H,5-7H2,1H3. The monoisotopic (exact) mass is 309 g/mol. The van der Waals surface area contributed by atoms with Crippen molar-refractivity contribution in [2.24, 2.45) is 5.92 Å². The number of thiophene rings is 1. The van der Waals surface area contributed by atoms with Gasteiger partial charge in [-0.15, -0.1) is 11.3 Å². The van der Waals surface area contributed by atoms with Crippen LogP contribution >= 0.6 is 27.3 Å². The molecule has 3 heteroatoms. The number of hydrogen-bond donors (Lipinski definition) is 1. The summed E-state index contributed by atoms with van der Waals surface area (Å²) in [6.45, 7) is 0. The molecule has 1 aliphatic carbocycles. The Morgan fingerprint density at radius 1 is 1.47 bits per heavy atom. The maximum Gasteiger partial charge on any atom is 0.0488 e. The topological polar surface area (TPSA) is 12.0 Å². The second-order valence-electron chi connectivity index (χ2n) is 4.83. The van der Waals surface area contributed by atoms with E-state index in [-0.39, 0.29) is 0 Å². The quantitative estimate of drug-likeness (QED) is 0.861. The zero-order valence-electron chi connectivity index (χ0n) is 9.87. The molecule has 1 saturated carbocycles. The Kier molecular flexibility index (Phi) is 3.24. The van der Waals surface area contributed by atoms with Gasteiger partial charge in [-0.3, -0.25) is 0 Å². The van der Waals surface area contributed by atoms with Crippen molar-refractivity contribution in [2.45, 2.75) is 25.3 Å². The van der Waals surface area contributed by atoms with E-state index in [2.05, 4.69) is 51.9 Å². The zero-order chi connectivity index (χ0) is 11.8. The van der Waals surface area contributed by atoms with Gasteiger partial charge in [0.05, 0.1) is 0 Å². The van der Waals surface area contributed by atoms with Crippen LogP contribution in [0.4, 0.5) is 0 Å². The van der Waals surface area contributed by atoms with Gasteiger partial charge in [0, 0.05) is 15.2 Å². The third kappa shape index (κ3) is 2.28. The van der Waals surface area contributed by atoms with Gasteiger partial charge in [-0.2, -0.15) is 0 Å². The highest BCUT2D eigenvalue weighted by atomic mass is 79.9. The average Bonchev–Trinajstić information content (AvgIpc) is 3.05. The predicted molar refractivity (Wildman–Crippen MR) is 78.7 cm³/mol. The lowest BCUT2D eigenvalue weighted by atomic mass is 10.0. The Balaban J connectivity index is 2.00.